The first-order valence-corrected chi connectivity index (χ1v) is 7.95. The molecule has 2 rings (SSSR count). The van der Waals surface area contributed by atoms with E-state index in [1.807, 2.05) is 16.8 Å². The lowest BCUT2D eigenvalue weighted by atomic mass is 10.1. The molecule has 0 atom stereocenters. The van der Waals surface area contributed by atoms with Crippen molar-refractivity contribution in [3.05, 3.63) is 45.7 Å². The van der Waals surface area contributed by atoms with Crippen LogP contribution < -0.4 is 5.32 Å². The molecule has 2 aromatic rings. The number of aromatic nitrogens is 2. The highest BCUT2D eigenvalue weighted by Crippen LogP contribution is 2.24. The van der Waals surface area contributed by atoms with Gasteiger partial charge >= 0.3 is 0 Å². The van der Waals surface area contributed by atoms with E-state index in [1.54, 1.807) is 0 Å². The molecule has 0 aliphatic heterocycles. The minimum absolute atomic E-state index is 1.04. The first-order chi connectivity index (χ1) is 9.65. The van der Waals surface area contributed by atoms with E-state index in [2.05, 4.69) is 54.2 Å². The third-order valence-corrected chi connectivity index (χ3v) is 4.22. The second-order valence-corrected chi connectivity index (χ2v) is 5.82. The molecule has 0 saturated carbocycles. The molecule has 0 aliphatic rings. The summed E-state index contributed by atoms with van der Waals surface area (Å²) in [5.41, 5.74) is 4.85. The van der Waals surface area contributed by atoms with Crippen LogP contribution in [0.15, 0.2) is 28.7 Å². The molecule has 20 heavy (non-hydrogen) atoms. The summed E-state index contributed by atoms with van der Waals surface area (Å²) >= 11 is 3.60. The number of para-hydroxylation sites is 1. The van der Waals surface area contributed by atoms with Crippen molar-refractivity contribution in [2.24, 2.45) is 0 Å². The SMILES string of the molecule is CCNCCCc1c(C)nn(-c2ccccc2Br)c1C. The van der Waals surface area contributed by atoms with Crippen LogP contribution in [0.25, 0.3) is 5.69 Å². The van der Waals surface area contributed by atoms with Crippen molar-refractivity contribution < 1.29 is 0 Å². The molecule has 0 spiro atoms. The summed E-state index contributed by atoms with van der Waals surface area (Å²) in [6.45, 7) is 8.50. The van der Waals surface area contributed by atoms with E-state index in [0.717, 1.165) is 41.8 Å². The van der Waals surface area contributed by atoms with Gasteiger partial charge in [0, 0.05) is 10.2 Å². The molecule has 4 heteroatoms. The maximum atomic E-state index is 4.71. The summed E-state index contributed by atoms with van der Waals surface area (Å²) in [5, 5.41) is 8.08. The lowest BCUT2D eigenvalue weighted by Gasteiger charge is -2.07. The quantitative estimate of drug-likeness (QED) is 0.814. The number of rotatable bonds is 6. The molecule has 0 aliphatic carbocycles. The van der Waals surface area contributed by atoms with Crippen LogP contribution in [0.4, 0.5) is 0 Å². The van der Waals surface area contributed by atoms with Crippen molar-refractivity contribution in [3.63, 3.8) is 0 Å². The van der Waals surface area contributed by atoms with Crippen LogP contribution in [0.5, 0.6) is 0 Å². The second-order valence-electron chi connectivity index (χ2n) is 4.97. The Labute approximate surface area is 129 Å². The van der Waals surface area contributed by atoms with Gasteiger partial charge in [-0.2, -0.15) is 5.10 Å². The Kier molecular flexibility index (Phi) is 5.38. The number of nitrogens with zero attached hydrogens (tertiary/aromatic N) is 2. The average Bonchev–Trinajstić information content (AvgIpc) is 2.71. The van der Waals surface area contributed by atoms with Gasteiger partial charge in [-0.25, -0.2) is 4.68 Å². The molecule has 0 unspecified atom stereocenters. The Balaban J connectivity index is 2.23. The fraction of sp³-hybridized carbons (Fsp3) is 0.438. The van der Waals surface area contributed by atoms with Gasteiger partial charge in [-0.1, -0.05) is 19.1 Å². The van der Waals surface area contributed by atoms with Gasteiger partial charge in [0.25, 0.3) is 0 Å². The minimum Gasteiger partial charge on any atom is -0.317 e. The number of nitrogens with one attached hydrogen (secondary N) is 1. The van der Waals surface area contributed by atoms with Crippen molar-refractivity contribution in [2.75, 3.05) is 13.1 Å². The molecule has 0 bridgehead atoms. The van der Waals surface area contributed by atoms with Crippen LogP contribution >= 0.6 is 15.9 Å². The van der Waals surface area contributed by atoms with Crippen molar-refractivity contribution in [2.45, 2.75) is 33.6 Å². The van der Waals surface area contributed by atoms with Gasteiger partial charge in [0.05, 0.1) is 11.4 Å². The maximum Gasteiger partial charge on any atom is 0.0790 e. The van der Waals surface area contributed by atoms with Crippen molar-refractivity contribution >= 4 is 15.9 Å². The third kappa shape index (κ3) is 3.30. The third-order valence-electron chi connectivity index (χ3n) is 3.55. The summed E-state index contributed by atoms with van der Waals surface area (Å²) in [7, 11) is 0. The van der Waals surface area contributed by atoms with Crippen molar-refractivity contribution in [3.8, 4) is 5.69 Å². The van der Waals surface area contributed by atoms with Crippen LogP contribution in [0, 0.1) is 13.8 Å². The van der Waals surface area contributed by atoms with Gasteiger partial charge in [-0.15, -0.1) is 0 Å². The molecule has 0 amide bonds. The number of hydrogen-bond acceptors (Lipinski definition) is 2. The Morgan fingerprint density at radius 1 is 1.25 bits per heavy atom. The zero-order valence-electron chi connectivity index (χ0n) is 12.4. The molecule has 108 valence electrons. The molecule has 1 aromatic heterocycles. The summed E-state index contributed by atoms with van der Waals surface area (Å²) in [6.07, 6.45) is 2.23. The highest BCUT2D eigenvalue weighted by Gasteiger charge is 2.13. The van der Waals surface area contributed by atoms with Gasteiger partial charge in [-0.05, 0) is 73.4 Å². The van der Waals surface area contributed by atoms with E-state index >= 15 is 0 Å². The highest BCUT2D eigenvalue weighted by atomic mass is 79.9. The summed E-state index contributed by atoms with van der Waals surface area (Å²) in [4.78, 5) is 0. The zero-order valence-corrected chi connectivity index (χ0v) is 14.0. The predicted octanol–water partition coefficient (Wildman–Crippen LogP) is 3.79. The monoisotopic (exact) mass is 335 g/mol. The largest absolute Gasteiger partial charge is 0.317 e. The summed E-state index contributed by atoms with van der Waals surface area (Å²) in [5.74, 6) is 0. The average molecular weight is 336 g/mol. The normalized spacial score (nSPS) is 11.0. The van der Waals surface area contributed by atoms with Crippen molar-refractivity contribution in [1.82, 2.24) is 15.1 Å². The summed E-state index contributed by atoms with van der Waals surface area (Å²) in [6, 6.07) is 8.21. The van der Waals surface area contributed by atoms with Crippen LogP contribution in [0.1, 0.15) is 30.3 Å². The maximum absolute atomic E-state index is 4.71. The first-order valence-electron chi connectivity index (χ1n) is 7.15. The Hall–Kier alpha value is -1.13. The Morgan fingerprint density at radius 3 is 2.70 bits per heavy atom. The van der Waals surface area contributed by atoms with Crippen LogP contribution in [0.3, 0.4) is 0 Å². The molecular weight excluding hydrogens is 314 g/mol. The molecular formula is C16H22BrN3. The zero-order chi connectivity index (χ0) is 14.5. The second kappa shape index (κ2) is 7.04. The molecule has 0 saturated heterocycles. The molecule has 1 N–H and O–H groups in total. The molecule has 0 fully saturated rings. The standard InChI is InChI=1S/C16H22BrN3/c1-4-18-11-7-8-14-12(2)19-20(13(14)3)16-10-6-5-9-15(16)17/h5-6,9-10,18H,4,7-8,11H2,1-3H3. The van der Waals surface area contributed by atoms with Gasteiger partial charge in [0.15, 0.2) is 0 Å². The minimum atomic E-state index is 1.04. The van der Waals surface area contributed by atoms with E-state index in [1.165, 1.54) is 11.3 Å². The number of hydrogen-bond donors (Lipinski definition) is 1. The number of benzene rings is 1. The molecule has 1 heterocycles. The van der Waals surface area contributed by atoms with Gasteiger partial charge in [0.1, 0.15) is 0 Å². The van der Waals surface area contributed by atoms with E-state index in [-0.39, 0.29) is 0 Å². The number of aryl methyl sites for hydroxylation is 1. The molecule has 3 nitrogen and oxygen atoms in total. The lowest BCUT2D eigenvalue weighted by Crippen LogP contribution is -2.14. The van der Waals surface area contributed by atoms with Gasteiger partial charge in [-0.3, -0.25) is 0 Å². The lowest BCUT2D eigenvalue weighted by molar-refractivity contribution is 0.670. The van der Waals surface area contributed by atoms with Crippen molar-refractivity contribution in [1.29, 1.82) is 0 Å². The van der Waals surface area contributed by atoms with Crippen LogP contribution in [0.2, 0.25) is 0 Å². The van der Waals surface area contributed by atoms with E-state index in [0.29, 0.717) is 0 Å². The summed E-state index contributed by atoms with van der Waals surface area (Å²) < 4.78 is 3.12. The Morgan fingerprint density at radius 2 is 2.00 bits per heavy atom. The first kappa shape index (κ1) is 15.3. The molecule has 1 aromatic carbocycles. The fourth-order valence-electron chi connectivity index (χ4n) is 2.46. The van der Waals surface area contributed by atoms with E-state index in [9.17, 15) is 0 Å². The van der Waals surface area contributed by atoms with Gasteiger partial charge < -0.3 is 5.32 Å². The number of halogens is 1. The smallest absolute Gasteiger partial charge is 0.0790 e. The van der Waals surface area contributed by atoms with Crippen LogP contribution in [-0.2, 0) is 6.42 Å². The van der Waals surface area contributed by atoms with Gasteiger partial charge in [0.2, 0.25) is 0 Å². The van der Waals surface area contributed by atoms with E-state index in [4.69, 9.17) is 5.10 Å². The topological polar surface area (TPSA) is 29.9 Å². The molecule has 0 radical (unpaired) electrons. The van der Waals surface area contributed by atoms with Crippen LogP contribution in [-0.4, -0.2) is 22.9 Å². The highest BCUT2D eigenvalue weighted by molar-refractivity contribution is 9.10. The Bertz CT molecular complexity index is 575. The van der Waals surface area contributed by atoms with E-state index < -0.39 is 0 Å². The predicted molar refractivity (Wildman–Crippen MR) is 87.6 cm³/mol. The fourth-order valence-corrected chi connectivity index (χ4v) is 2.91.